The lowest BCUT2D eigenvalue weighted by Crippen LogP contribution is -2.10. The zero-order valence-electron chi connectivity index (χ0n) is 13.5. The fourth-order valence-corrected chi connectivity index (χ4v) is 3.29. The molecule has 0 bridgehead atoms. The Morgan fingerprint density at radius 2 is 2.00 bits per heavy atom. The van der Waals surface area contributed by atoms with Crippen molar-refractivity contribution < 1.29 is 4.79 Å². The van der Waals surface area contributed by atoms with E-state index in [9.17, 15) is 4.79 Å². The van der Waals surface area contributed by atoms with Crippen molar-refractivity contribution in [3.63, 3.8) is 0 Å². The fraction of sp³-hybridized carbons (Fsp3) is 0. The molecule has 128 valence electrons. The van der Waals surface area contributed by atoms with Crippen LogP contribution in [0.2, 0.25) is 5.02 Å². The van der Waals surface area contributed by atoms with E-state index in [0.717, 1.165) is 16.3 Å². The maximum atomic E-state index is 12.4. The van der Waals surface area contributed by atoms with Crippen LogP contribution in [0.3, 0.4) is 0 Å². The molecular weight excluding hydrogens is 368 g/mol. The van der Waals surface area contributed by atoms with Crippen LogP contribution in [0.4, 0.5) is 5.69 Å². The van der Waals surface area contributed by atoms with Gasteiger partial charge in [-0.2, -0.15) is 5.10 Å². The third-order valence-corrected chi connectivity index (χ3v) is 4.80. The minimum atomic E-state index is -0.222. The van der Waals surface area contributed by atoms with Gasteiger partial charge in [0.25, 0.3) is 5.91 Å². The van der Waals surface area contributed by atoms with Crippen LogP contribution in [0.15, 0.2) is 72.5 Å². The van der Waals surface area contributed by atoms with E-state index in [-0.39, 0.29) is 5.91 Å². The first-order valence-electron chi connectivity index (χ1n) is 7.81. The number of anilines is 1. The van der Waals surface area contributed by atoms with E-state index in [0.29, 0.717) is 16.3 Å². The summed E-state index contributed by atoms with van der Waals surface area (Å²) in [5, 5.41) is 10.6. The summed E-state index contributed by atoms with van der Waals surface area (Å²) >= 11 is 7.57. The van der Waals surface area contributed by atoms with Crippen LogP contribution < -0.4 is 5.32 Å². The third-order valence-electron chi connectivity index (χ3n) is 3.74. The molecule has 1 amide bonds. The van der Waals surface area contributed by atoms with Gasteiger partial charge in [0.2, 0.25) is 0 Å². The van der Waals surface area contributed by atoms with Crippen molar-refractivity contribution in [1.29, 1.82) is 0 Å². The van der Waals surface area contributed by atoms with Gasteiger partial charge in [-0.1, -0.05) is 17.7 Å². The minimum Gasteiger partial charge on any atom is -0.322 e. The molecule has 0 aliphatic rings. The Bertz CT molecular complexity index is 1040. The second-order valence-corrected chi connectivity index (χ2v) is 6.85. The van der Waals surface area contributed by atoms with Crippen LogP contribution in [0, 0.1) is 0 Å². The van der Waals surface area contributed by atoms with Crippen molar-refractivity contribution >= 4 is 34.5 Å². The number of carbonyl (C=O) groups is 1. The van der Waals surface area contributed by atoms with E-state index >= 15 is 0 Å². The van der Waals surface area contributed by atoms with Gasteiger partial charge >= 0.3 is 0 Å². The molecule has 0 unspecified atom stereocenters. The summed E-state index contributed by atoms with van der Waals surface area (Å²) in [6, 6.07) is 14.9. The van der Waals surface area contributed by atoms with E-state index in [1.807, 2.05) is 41.8 Å². The van der Waals surface area contributed by atoms with Crippen LogP contribution in [0.25, 0.3) is 16.3 Å². The van der Waals surface area contributed by atoms with E-state index in [1.54, 1.807) is 40.5 Å². The molecule has 4 rings (SSSR count). The second-order valence-electron chi connectivity index (χ2n) is 5.52. The van der Waals surface area contributed by atoms with Crippen molar-refractivity contribution in [2.45, 2.75) is 0 Å². The minimum absolute atomic E-state index is 0.222. The molecule has 0 radical (unpaired) electrons. The van der Waals surface area contributed by atoms with Crippen LogP contribution >= 0.6 is 22.9 Å². The molecule has 0 spiro atoms. The Morgan fingerprint density at radius 3 is 2.73 bits per heavy atom. The lowest BCUT2D eigenvalue weighted by molar-refractivity contribution is 0.102. The molecular formula is C19H13ClN4OS. The first-order valence-corrected chi connectivity index (χ1v) is 9.07. The number of hydrogen-bond donors (Lipinski definition) is 1. The van der Waals surface area contributed by atoms with Gasteiger partial charge in [-0.3, -0.25) is 4.79 Å². The van der Waals surface area contributed by atoms with Crippen LogP contribution in [-0.4, -0.2) is 20.7 Å². The monoisotopic (exact) mass is 380 g/mol. The Morgan fingerprint density at radius 1 is 1.15 bits per heavy atom. The van der Waals surface area contributed by atoms with Gasteiger partial charge in [0.1, 0.15) is 5.01 Å². The summed E-state index contributed by atoms with van der Waals surface area (Å²) in [6.45, 7) is 0. The first kappa shape index (κ1) is 16.5. The molecule has 2 aromatic carbocycles. The molecule has 26 heavy (non-hydrogen) atoms. The maximum Gasteiger partial charge on any atom is 0.258 e. The lowest BCUT2D eigenvalue weighted by Gasteiger charge is -2.04. The summed E-state index contributed by atoms with van der Waals surface area (Å²) in [6.07, 6.45) is 4.97. The van der Waals surface area contributed by atoms with E-state index in [4.69, 9.17) is 11.6 Å². The Balaban J connectivity index is 1.48. The van der Waals surface area contributed by atoms with Gasteiger partial charge in [0, 0.05) is 34.0 Å². The molecule has 0 aliphatic heterocycles. The van der Waals surface area contributed by atoms with E-state index in [2.05, 4.69) is 15.4 Å². The summed E-state index contributed by atoms with van der Waals surface area (Å²) < 4.78 is 1.62. The molecule has 7 heteroatoms. The average Bonchev–Trinajstić information content (AvgIpc) is 3.35. The molecule has 1 N–H and O–H groups in total. The normalized spacial score (nSPS) is 10.7. The van der Waals surface area contributed by atoms with Gasteiger partial charge in [-0.25, -0.2) is 9.67 Å². The number of aromatic nitrogens is 3. The summed E-state index contributed by atoms with van der Waals surface area (Å²) in [5.41, 5.74) is 3.00. The van der Waals surface area contributed by atoms with Crippen molar-refractivity contribution in [3.8, 4) is 16.3 Å². The standard InChI is InChI=1S/C19H13ClN4OS/c20-15-2-1-3-17(10-15)24-12-14(11-22-24)18(25)23-16-6-4-13(5-7-16)19-21-8-9-26-19/h1-12H,(H,23,25). The molecule has 4 aromatic rings. The highest BCUT2D eigenvalue weighted by molar-refractivity contribution is 7.13. The Kier molecular flexibility index (Phi) is 4.51. The van der Waals surface area contributed by atoms with Crippen molar-refractivity contribution in [2.24, 2.45) is 0 Å². The zero-order chi connectivity index (χ0) is 17.9. The van der Waals surface area contributed by atoms with E-state index in [1.165, 1.54) is 6.20 Å². The van der Waals surface area contributed by atoms with Gasteiger partial charge in [0.05, 0.1) is 17.4 Å². The highest BCUT2D eigenvalue weighted by Gasteiger charge is 2.10. The number of hydrogen-bond acceptors (Lipinski definition) is 4. The number of nitrogens with zero attached hydrogens (tertiary/aromatic N) is 3. The predicted molar refractivity (Wildman–Crippen MR) is 104 cm³/mol. The molecule has 2 heterocycles. The zero-order valence-corrected chi connectivity index (χ0v) is 15.0. The van der Waals surface area contributed by atoms with Crippen LogP contribution in [0.1, 0.15) is 10.4 Å². The van der Waals surface area contributed by atoms with Crippen LogP contribution in [-0.2, 0) is 0 Å². The number of amides is 1. The molecule has 2 aromatic heterocycles. The highest BCUT2D eigenvalue weighted by atomic mass is 35.5. The largest absolute Gasteiger partial charge is 0.322 e. The third kappa shape index (κ3) is 3.51. The number of carbonyl (C=O) groups excluding carboxylic acids is 1. The fourth-order valence-electron chi connectivity index (χ4n) is 2.47. The van der Waals surface area contributed by atoms with E-state index < -0.39 is 0 Å². The Labute approximate surface area is 158 Å². The number of halogens is 1. The highest BCUT2D eigenvalue weighted by Crippen LogP contribution is 2.23. The SMILES string of the molecule is O=C(Nc1ccc(-c2nccs2)cc1)c1cnn(-c2cccc(Cl)c2)c1. The molecule has 0 fully saturated rings. The Hall–Kier alpha value is -2.96. The van der Waals surface area contributed by atoms with Gasteiger partial charge in [0.15, 0.2) is 0 Å². The van der Waals surface area contributed by atoms with Gasteiger partial charge in [-0.15, -0.1) is 11.3 Å². The quantitative estimate of drug-likeness (QED) is 0.547. The molecule has 0 saturated heterocycles. The summed E-state index contributed by atoms with van der Waals surface area (Å²) in [7, 11) is 0. The van der Waals surface area contributed by atoms with Crippen molar-refractivity contribution in [2.75, 3.05) is 5.32 Å². The summed E-state index contributed by atoms with van der Waals surface area (Å²) in [5.74, 6) is -0.222. The van der Waals surface area contributed by atoms with Crippen molar-refractivity contribution in [3.05, 3.63) is 83.1 Å². The topological polar surface area (TPSA) is 59.8 Å². The number of benzene rings is 2. The smallest absolute Gasteiger partial charge is 0.258 e. The van der Waals surface area contributed by atoms with Crippen LogP contribution in [0.5, 0.6) is 0 Å². The number of thiazole rings is 1. The van der Waals surface area contributed by atoms with Gasteiger partial charge < -0.3 is 5.32 Å². The first-order chi connectivity index (χ1) is 12.7. The molecule has 0 saturated carbocycles. The molecule has 5 nitrogen and oxygen atoms in total. The number of nitrogens with one attached hydrogen (secondary N) is 1. The summed E-state index contributed by atoms with van der Waals surface area (Å²) in [4.78, 5) is 16.7. The number of rotatable bonds is 4. The van der Waals surface area contributed by atoms with Gasteiger partial charge in [-0.05, 0) is 42.5 Å². The van der Waals surface area contributed by atoms with Crippen molar-refractivity contribution in [1.82, 2.24) is 14.8 Å². The second kappa shape index (κ2) is 7.11. The predicted octanol–water partition coefficient (Wildman–Crippen LogP) is 4.90. The average molecular weight is 381 g/mol. The lowest BCUT2D eigenvalue weighted by atomic mass is 10.2. The molecule has 0 atom stereocenters. The maximum absolute atomic E-state index is 12.4. The molecule has 0 aliphatic carbocycles.